The fourth-order valence-corrected chi connectivity index (χ4v) is 1.15. The van der Waals surface area contributed by atoms with Crippen LogP contribution in [0.25, 0.3) is 0 Å². The number of hydrogen-bond acceptors (Lipinski definition) is 3. The van der Waals surface area contributed by atoms with E-state index in [9.17, 15) is 9.59 Å². The highest BCUT2D eigenvalue weighted by molar-refractivity contribution is 5.90. The summed E-state index contributed by atoms with van der Waals surface area (Å²) in [5.74, 6) is 0.244. The van der Waals surface area contributed by atoms with Gasteiger partial charge < -0.3 is 10.6 Å². The molecule has 0 saturated heterocycles. The quantitative estimate of drug-likeness (QED) is 0.695. The summed E-state index contributed by atoms with van der Waals surface area (Å²) in [5.41, 5.74) is 1.85. The van der Waals surface area contributed by atoms with Gasteiger partial charge >= 0.3 is 0 Å². The second-order valence-corrected chi connectivity index (χ2v) is 3.60. The van der Waals surface area contributed by atoms with E-state index in [1.165, 1.54) is 6.92 Å². The molecule has 1 heterocycles. The molecule has 0 aliphatic rings. The average Bonchev–Trinajstić information content (AvgIpc) is 2.49. The van der Waals surface area contributed by atoms with Crippen molar-refractivity contribution in [3.05, 3.63) is 11.3 Å². The normalized spacial score (nSPS) is 9.94. The van der Waals surface area contributed by atoms with Gasteiger partial charge in [-0.3, -0.25) is 14.7 Å². The third-order valence-corrected chi connectivity index (χ3v) is 2.24. The number of aromatic nitrogens is 2. The smallest absolute Gasteiger partial charge is 0.227 e. The highest BCUT2D eigenvalue weighted by atomic mass is 16.2. The van der Waals surface area contributed by atoms with E-state index in [4.69, 9.17) is 0 Å². The van der Waals surface area contributed by atoms with E-state index < -0.39 is 0 Å². The predicted octanol–water partition coefficient (Wildman–Crippen LogP) is 0.491. The van der Waals surface area contributed by atoms with Gasteiger partial charge in [0.25, 0.3) is 0 Å². The lowest BCUT2D eigenvalue weighted by Gasteiger charge is -2.03. The van der Waals surface area contributed by atoms with Crippen molar-refractivity contribution in [2.45, 2.75) is 27.2 Å². The summed E-state index contributed by atoms with van der Waals surface area (Å²) in [7, 11) is 0. The van der Waals surface area contributed by atoms with E-state index in [-0.39, 0.29) is 18.2 Å². The monoisotopic (exact) mass is 224 g/mol. The fourth-order valence-electron chi connectivity index (χ4n) is 1.15. The Morgan fingerprint density at radius 3 is 2.56 bits per heavy atom. The van der Waals surface area contributed by atoms with Crippen molar-refractivity contribution in [3.63, 3.8) is 0 Å². The number of carbonyl (C=O) groups is 2. The summed E-state index contributed by atoms with van der Waals surface area (Å²) >= 11 is 0. The molecule has 16 heavy (non-hydrogen) atoms. The van der Waals surface area contributed by atoms with Crippen LogP contribution in [0.4, 0.5) is 5.82 Å². The lowest BCUT2D eigenvalue weighted by atomic mass is 10.3. The largest absolute Gasteiger partial charge is 0.356 e. The molecular formula is C10H16N4O2. The van der Waals surface area contributed by atoms with E-state index >= 15 is 0 Å². The van der Waals surface area contributed by atoms with Gasteiger partial charge in [0.15, 0.2) is 5.82 Å². The van der Waals surface area contributed by atoms with Crippen molar-refractivity contribution in [1.82, 2.24) is 15.5 Å². The van der Waals surface area contributed by atoms with Crippen molar-refractivity contribution in [2.24, 2.45) is 0 Å². The molecule has 2 amide bonds. The van der Waals surface area contributed by atoms with Gasteiger partial charge in [0.05, 0.1) is 0 Å². The van der Waals surface area contributed by atoms with Gasteiger partial charge in [-0.05, 0) is 13.8 Å². The first-order chi connectivity index (χ1) is 7.50. The highest BCUT2D eigenvalue weighted by Gasteiger charge is 2.08. The Morgan fingerprint density at radius 1 is 1.38 bits per heavy atom. The van der Waals surface area contributed by atoms with Crippen LogP contribution in [-0.4, -0.2) is 28.6 Å². The first-order valence-electron chi connectivity index (χ1n) is 5.06. The molecule has 0 aromatic carbocycles. The van der Waals surface area contributed by atoms with Crippen LogP contribution in [0.1, 0.15) is 24.6 Å². The SMILES string of the molecule is CC(=O)NCCC(=O)Nc1n[nH]c(C)c1C. The van der Waals surface area contributed by atoms with Gasteiger partial charge in [-0.25, -0.2) is 0 Å². The molecule has 1 rings (SSSR count). The Labute approximate surface area is 93.8 Å². The maximum absolute atomic E-state index is 11.4. The van der Waals surface area contributed by atoms with Crippen LogP contribution in [0.15, 0.2) is 0 Å². The zero-order chi connectivity index (χ0) is 12.1. The van der Waals surface area contributed by atoms with Crippen molar-refractivity contribution >= 4 is 17.6 Å². The number of rotatable bonds is 4. The Balaban J connectivity index is 2.40. The van der Waals surface area contributed by atoms with E-state index in [1.807, 2.05) is 13.8 Å². The molecule has 0 radical (unpaired) electrons. The van der Waals surface area contributed by atoms with E-state index in [0.717, 1.165) is 11.3 Å². The summed E-state index contributed by atoms with van der Waals surface area (Å²) in [6.07, 6.45) is 0.241. The average molecular weight is 224 g/mol. The molecule has 6 heteroatoms. The molecule has 6 nitrogen and oxygen atoms in total. The second-order valence-electron chi connectivity index (χ2n) is 3.60. The van der Waals surface area contributed by atoms with Gasteiger partial charge in [0.2, 0.25) is 11.8 Å². The highest BCUT2D eigenvalue weighted by Crippen LogP contribution is 2.13. The summed E-state index contributed by atoms with van der Waals surface area (Å²) in [6.45, 7) is 5.51. The maximum atomic E-state index is 11.4. The standard InChI is InChI=1S/C10H16N4O2/c1-6-7(2)13-14-10(6)12-9(16)4-5-11-8(3)15/h4-5H2,1-3H3,(H,11,15)(H2,12,13,14,16). The van der Waals surface area contributed by atoms with Crippen LogP contribution in [-0.2, 0) is 9.59 Å². The van der Waals surface area contributed by atoms with Gasteiger partial charge in [-0.2, -0.15) is 5.10 Å². The van der Waals surface area contributed by atoms with Crippen LogP contribution in [0, 0.1) is 13.8 Å². The number of nitrogens with one attached hydrogen (secondary N) is 3. The molecule has 88 valence electrons. The van der Waals surface area contributed by atoms with Crippen molar-refractivity contribution in [3.8, 4) is 0 Å². The molecule has 0 spiro atoms. The van der Waals surface area contributed by atoms with Gasteiger partial charge in [-0.1, -0.05) is 0 Å². The van der Waals surface area contributed by atoms with Crippen LogP contribution in [0.2, 0.25) is 0 Å². The molecule has 0 unspecified atom stereocenters. The minimum atomic E-state index is -0.164. The summed E-state index contributed by atoms with van der Waals surface area (Å²) in [5, 5.41) is 12.0. The number of hydrogen-bond donors (Lipinski definition) is 3. The Kier molecular flexibility index (Phi) is 4.04. The van der Waals surface area contributed by atoms with Crippen LogP contribution < -0.4 is 10.6 Å². The number of aromatic amines is 1. The van der Waals surface area contributed by atoms with Crippen LogP contribution in [0.3, 0.4) is 0 Å². The van der Waals surface area contributed by atoms with Crippen LogP contribution >= 0.6 is 0 Å². The zero-order valence-electron chi connectivity index (χ0n) is 9.68. The van der Waals surface area contributed by atoms with Gasteiger partial charge in [0.1, 0.15) is 0 Å². The van der Waals surface area contributed by atoms with E-state index in [0.29, 0.717) is 12.4 Å². The first-order valence-corrected chi connectivity index (χ1v) is 5.06. The minimum absolute atomic E-state index is 0.139. The molecule has 0 saturated carbocycles. The summed E-state index contributed by atoms with van der Waals surface area (Å²) < 4.78 is 0. The molecule has 1 aromatic heterocycles. The number of carbonyl (C=O) groups excluding carboxylic acids is 2. The Bertz CT molecular complexity index is 398. The molecule has 3 N–H and O–H groups in total. The topological polar surface area (TPSA) is 86.9 Å². The number of amides is 2. The molecule has 0 aliphatic heterocycles. The number of nitrogens with zero attached hydrogens (tertiary/aromatic N) is 1. The molecule has 0 fully saturated rings. The van der Waals surface area contributed by atoms with E-state index in [2.05, 4.69) is 20.8 Å². The van der Waals surface area contributed by atoms with Crippen molar-refractivity contribution in [2.75, 3.05) is 11.9 Å². The number of anilines is 1. The number of H-pyrrole nitrogens is 1. The van der Waals surface area contributed by atoms with Gasteiger partial charge in [0, 0.05) is 31.1 Å². The zero-order valence-corrected chi connectivity index (χ0v) is 9.68. The fraction of sp³-hybridized carbons (Fsp3) is 0.500. The molecule has 1 aromatic rings. The lowest BCUT2D eigenvalue weighted by molar-refractivity contribution is -0.119. The van der Waals surface area contributed by atoms with Crippen molar-refractivity contribution in [1.29, 1.82) is 0 Å². The lowest BCUT2D eigenvalue weighted by Crippen LogP contribution is -2.25. The van der Waals surface area contributed by atoms with E-state index in [1.54, 1.807) is 0 Å². The maximum Gasteiger partial charge on any atom is 0.227 e. The first kappa shape index (κ1) is 12.2. The number of aryl methyl sites for hydroxylation is 1. The molecule has 0 aliphatic carbocycles. The molecule has 0 bridgehead atoms. The second kappa shape index (κ2) is 5.29. The third-order valence-electron chi connectivity index (χ3n) is 2.24. The third kappa shape index (κ3) is 3.38. The predicted molar refractivity (Wildman–Crippen MR) is 60.0 cm³/mol. The van der Waals surface area contributed by atoms with Crippen LogP contribution in [0.5, 0.6) is 0 Å². The summed E-state index contributed by atoms with van der Waals surface area (Å²) in [4.78, 5) is 22.0. The molecular weight excluding hydrogens is 208 g/mol. The Morgan fingerprint density at radius 2 is 2.06 bits per heavy atom. The van der Waals surface area contributed by atoms with Crippen molar-refractivity contribution < 1.29 is 9.59 Å². The molecule has 0 atom stereocenters. The summed E-state index contributed by atoms with van der Waals surface area (Å²) in [6, 6.07) is 0. The van der Waals surface area contributed by atoms with Gasteiger partial charge in [-0.15, -0.1) is 0 Å². The Hall–Kier alpha value is -1.85. The minimum Gasteiger partial charge on any atom is -0.356 e.